The number of imidazole rings is 1. The van der Waals surface area contributed by atoms with Gasteiger partial charge in [0.15, 0.2) is 0 Å². The van der Waals surface area contributed by atoms with Crippen molar-refractivity contribution in [1.82, 2.24) is 14.9 Å². The number of carbonyl (C=O) groups excluding carboxylic acids is 1. The van der Waals surface area contributed by atoms with Gasteiger partial charge in [-0.05, 0) is 31.0 Å². The van der Waals surface area contributed by atoms with Gasteiger partial charge in [-0.1, -0.05) is 6.07 Å². The number of rotatable bonds is 3. The highest BCUT2D eigenvalue weighted by Crippen LogP contribution is 2.17. The number of anilines is 1. The Balaban J connectivity index is 2.12. The number of aromatic nitrogens is 2. The first-order valence-electron chi connectivity index (χ1n) is 6.10. The molecule has 0 saturated carbocycles. The predicted octanol–water partition coefficient (Wildman–Crippen LogP) is 1.55. The van der Waals surface area contributed by atoms with Crippen LogP contribution in [0.4, 0.5) is 5.69 Å². The summed E-state index contributed by atoms with van der Waals surface area (Å²) >= 11 is 0. The summed E-state index contributed by atoms with van der Waals surface area (Å²) in [6.45, 7) is 4.23. The zero-order valence-corrected chi connectivity index (χ0v) is 11.4. The number of amides is 1. The Morgan fingerprint density at radius 3 is 2.74 bits per heavy atom. The number of nitrogen functional groups attached to an aromatic ring is 1. The van der Waals surface area contributed by atoms with Crippen molar-refractivity contribution in [3.63, 3.8) is 0 Å². The molecule has 5 nitrogen and oxygen atoms in total. The summed E-state index contributed by atoms with van der Waals surface area (Å²) in [7, 11) is 1.89. The molecule has 1 aromatic carbocycles. The smallest absolute Gasteiger partial charge is 0.251 e. The Morgan fingerprint density at radius 1 is 1.37 bits per heavy atom. The normalized spacial score (nSPS) is 10.5. The quantitative estimate of drug-likeness (QED) is 0.820. The van der Waals surface area contributed by atoms with E-state index in [1.807, 2.05) is 37.7 Å². The Kier molecular flexibility index (Phi) is 3.55. The van der Waals surface area contributed by atoms with Crippen LogP contribution >= 0.6 is 0 Å². The molecule has 0 aliphatic carbocycles. The third kappa shape index (κ3) is 2.76. The number of nitrogens with two attached hydrogens (primary N) is 1. The number of aryl methyl sites for hydroxylation is 3. The Hall–Kier alpha value is -2.30. The van der Waals surface area contributed by atoms with Crippen molar-refractivity contribution >= 4 is 11.6 Å². The van der Waals surface area contributed by atoms with Gasteiger partial charge in [0.1, 0.15) is 5.82 Å². The first-order valence-corrected chi connectivity index (χ1v) is 6.10. The predicted molar refractivity (Wildman–Crippen MR) is 74.7 cm³/mol. The van der Waals surface area contributed by atoms with Gasteiger partial charge in [-0.3, -0.25) is 4.79 Å². The maximum Gasteiger partial charge on any atom is 0.251 e. The molecule has 1 amide bonds. The van der Waals surface area contributed by atoms with Gasteiger partial charge in [0.2, 0.25) is 0 Å². The summed E-state index contributed by atoms with van der Waals surface area (Å²) in [6, 6.07) is 3.64. The third-order valence-corrected chi connectivity index (χ3v) is 3.19. The van der Waals surface area contributed by atoms with Crippen molar-refractivity contribution in [3.05, 3.63) is 47.0 Å². The summed E-state index contributed by atoms with van der Waals surface area (Å²) in [5.41, 5.74) is 8.99. The van der Waals surface area contributed by atoms with Crippen molar-refractivity contribution in [3.8, 4) is 0 Å². The highest BCUT2D eigenvalue weighted by atomic mass is 16.1. The highest BCUT2D eigenvalue weighted by molar-refractivity contribution is 5.96. The fourth-order valence-electron chi connectivity index (χ4n) is 1.94. The van der Waals surface area contributed by atoms with Gasteiger partial charge >= 0.3 is 0 Å². The van der Waals surface area contributed by atoms with E-state index < -0.39 is 0 Å². The molecule has 0 atom stereocenters. The molecule has 0 saturated heterocycles. The van der Waals surface area contributed by atoms with E-state index in [0.29, 0.717) is 17.8 Å². The molecule has 0 bridgehead atoms. The van der Waals surface area contributed by atoms with E-state index in [-0.39, 0.29) is 5.91 Å². The van der Waals surface area contributed by atoms with Crippen LogP contribution in [0.3, 0.4) is 0 Å². The molecule has 5 heteroatoms. The summed E-state index contributed by atoms with van der Waals surface area (Å²) in [6.07, 6.45) is 3.55. The van der Waals surface area contributed by atoms with E-state index in [1.54, 1.807) is 12.3 Å². The Bertz CT molecular complexity index is 616. The molecule has 0 aliphatic rings. The Morgan fingerprint density at radius 2 is 2.11 bits per heavy atom. The molecular formula is C14H18N4O. The third-order valence-electron chi connectivity index (χ3n) is 3.19. The molecule has 0 fully saturated rings. The van der Waals surface area contributed by atoms with E-state index in [0.717, 1.165) is 17.0 Å². The second-order valence-electron chi connectivity index (χ2n) is 4.66. The number of nitrogens with one attached hydrogen (secondary N) is 1. The van der Waals surface area contributed by atoms with E-state index in [4.69, 9.17) is 5.73 Å². The number of hydrogen-bond acceptors (Lipinski definition) is 3. The van der Waals surface area contributed by atoms with Crippen molar-refractivity contribution < 1.29 is 4.79 Å². The van der Waals surface area contributed by atoms with Crippen LogP contribution in [-0.4, -0.2) is 15.5 Å². The largest absolute Gasteiger partial charge is 0.398 e. The minimum atomic E-state index is -0.132. The van der Waals surface area contributed by atoms with Gasteiger partial charge in [-0.2, -0.15) is 0 Å². The van der Waals surface area contributed by atoms with Crippen molar-refractivity contribution in [2.75, 3.05) is 5.73 Å². The van der Waals surface area contributed by atoms with Crippen LogP contribution in [-0.2, 0) is 13.6 Å². The van der Waals surface area contributed by atoms with E-state index in [2.05, 4.69) is 10.3 Å². The fraction of sp³-hybridized carbons (Fsp3) is 0.286. The zero-order valence-electron chi connectivity index (χ0n) is 11.4. The Labute approximate surface area is 112 Å². The zero-order chi connectivity index (χ0) is 14.0. The lowest BCUT2D eigenvalue weighted by Gasteiger charge is -2.10. The monoisotopic (exact) mass is 258 g/mol. The maximum atomic E-state index is 12.1. The topological polar surface area (TPSA) is 72.9 Å². The van der Waals surface area contributed by atoms with Crippen molar-refractivity contribution in [2.45, 2.75) is 20.4 Å². The van der Waals surface area contributed by atoms with Crippen LogP contribution in [0.5, 0.6) is 0 Å². The van der Waals surface area contributed by atoms with E-state index >= 15 is 0 Å². The number of benzene rings is 1. The lowest BCUT2D eigenvalue weighted by atomic mass is 10.0. The van der Waals surface area contributed by atoms with E-state index in [9.17, 15) is 4.79 Å². The number of hydrogen-bond donors (Lipinski definition) is 2. The molecule has 1 heterocycles. The molecule has 100 valence electrons. The van der Waals surface area contributed by atoms with Crippen LogP contribution in [0, 0.1) is 13.8 Å². The standard InChI is InChI=1S/C14H18N4O/c1-9-6-10(2)12(15)7-11(9)14(19)17-8-13-16-4-5-18(13)3/h4-7H,8,15H2,1-3H3,(H,17,19). The van der Waals surface area contributed by atoms with Gasteiger partial charge in [-0.25, -0.2) is 4.98 Å². The van der Waals surface area contributed by atoms with Crippen LogP contribution in [0.2, 0.25) is 0 Å². The second kappa shape index (κ2) is 5.14. The lowest BCUT2D eigenvalue weighted by Crippen LogP contribution is -2.25. The molecular weight excluding hydrogens is 240 g/mol. The summed E-state index contributed by atoms with van der Waals surface area (Å²) < 4.78 is 1.87. The number of carbonyl (C=O) groups is 1. The highest BCUT2D eigenvalue weighted by Gasteiger charge is 2.11. The summed E-state index contributed by atoms with van der Waals surface area (Å²) in [5, 5.41) is 2.85. The summed E-state index contributed by atoms with van der Waals surface area (Å²) in [4.78, 5) is 16.3. The van der Waals surface area contributed by atoms with Gasteiger partial charge in [-0.15, -0.1) is 0 Å². The average molecular weight is 258 g/mol. The van der Waals surface area contributed by atoms with Gasteiger partial charge in [0, 0.05) is 30.7 Å². The molecule has 2 rings (SSSR count). The van der Waals surface area contributed by atoms with E-state index in [1.165, 1.54) is 0 Å². The lowest BCUT2D eigenvalue weighted by molar-refractivity contribution is 0.0949. The average Bonchev–Trinajstić information content (AvgIpc) is 2.76. The first-order chi connectivity index (χ1) is 8.99. The van der Waals surface area contributed by atoms with Crippen LogP contribution in [0.15, 0.2) is 24.5 Å². The minimum absolute atomic E-state index is 0.132. The summed E-state index contributed by atoms with van der Waals surface area (Å²) in [5.74, 6) is 0.679. The molecule has 0 aliphatic heterocycles. The first kappa shape index (κ1) is 13.1. The molecule has 2 aromatic rings. The van der Waals surface area contributed by atoms with Crippen molar-refractivity contribution in [2.24, 2.45) is 7.05 Å². The van der Waals surface area contributed by atoms with Gasteiger partial charge < -0.3 is 15.6 Å². The SMILES string of the molecule is Cc1cc(C)c(C(=O)NCc2nccn2C)cc1N. The van der Waals surface area contributed by atoms with Crippen molar-refractivity contribution in [1.29, 1.82) is 0 Å². The minimum Gasteiger partial charge on any atom is -0.398 e. The molecule has 3 N–H and O–H groups in total. The molecule has 1 aromatic heterocycles. The molecule has 19 heavy (non-hydrogen) atoms. The van der Waals surface area contributed by atoms with Crippen LogP contribution < -0.4 is 11.1 Å². The molecule has 0 spiro atoms. The maximum absolute atomic E-state index is 12.1. The molecule has 0 unspecified atom stereocenters. The van der Waals surface area contributed by atoms with Gasteiger partial charge in [0.05, 0.1) is 6.54 Å². The van der Waals surface area contributed by atoms with Crippen LogP contribution in [0.1, 0.15) is 27.3 Å². The molecule has 0 radical (unpaired) electrons. The van der Waals surface area contributed by atoms with Gasteiger partial charge in [0.25, 0.3) is 5.91 Å². The fourth-order valence-corrected chi connectivity index (χ4v) is 1.94. The van der Waals surface area contributed by atoms with Crippen LogP contribution in [0.25, 0.3) is 0 Å². The number of nitrogens with zero attached hydrogens (tertiary/aromatic N) is 2. The second-order valence-corrected chi connectivity index (χ2v) is 4.66.